The van der Waals surface area contributed by atoms with Crippen molar-refractivity contribution in [3.05, 3.63) is 11.2 Å². The summed E-state index contributed by atoms with van der Waals surface area (Å²) in [5.74, 6) is 0. The summed E-state index contributed by atoms with van der Waals surface area (Å²) in [7, 11) is 0. The average molecular weight is 99.1 g/mol. The van der Waals surface area contributed by atoms with Gasteiger partial charge < -0.3 is 0 Å². The Labute approximate surface area is 41.4 Å². The highest BCUT2D eigenvalue weighted by Crippen LogP contribution is 2.01. The van der Waals surface area contributed by atoms with E-state index in [-0.39, 0.29) is 0 Å². The van der Waals surface area contributed by atoms with Crippen LogP contribution in [-0.2, 0) is 0 Å². The molecule has 6 heavy (non-hydrogen) atoms. The van der Waals surface area contributed by atoms with Gasteiger partial charge in [-0.25, -0.2) is 10.3 Å². The third-order valence-corrected chi connectivity index (χ3v) is 0.678. The molecule has 0 atom stereocenters. The number of hydrogen-bond donors (Lipinski definition) is 1. The molecule has 1 heterocycles. The first kappa shape index (κ1) is 3.74. The minimum Gasteiger partial charge on any atom is -0.242 e. The molecule has 0 N–H and O–H groups in total. The van der Waals surface area contributed by atoms with Crippen molar-refractivity contribution in [2.75, 3.05) is 0 Å². The second kappa shape index (κ2) is 1.34. The van der Waals surface area contributed by atoms with Gasteiger partial charge in [0.2, 0.25) is 0 Å². The molecule has 1 aliphatic heterocycles. The summed E-state index contributed by atoms with van der Waals surface area (Å²) in [5.41, 5.74) is 0. The Morgan fingerprint density at radius 2 is 2.50 bits per heavy atom. The molecular formula is C3H3N2S. The Hall–Kier alpha value is -0.440. The summed E-state index contributed by atoms with van der Waals surface area (Å²) in [5, 5.41) is 4.31. The summed E-state index contributed by atoms with van der Waals surface area (Å²) in [6, 6.07) is 0. The zero-order valence-corrected chi connectivity index (χ0v) is 3.89. The van der Waals surface area contributed by atoms with Gasteiger partial charge in [0.1, 0.15) is 11.4 Å². The Bertz CT molecular complexity index is 103. The molecular weight excluding hydrogens is 96.1 g/mol. The van der Waals surface area contributed by atoms with Crippen molar-refractivity contribution in [2.45, 2.75) is 0 Å². The van der Waals surface area contributed by atoms with Crippen LogP contribution in [0.2, 0.25) is 0 Å². The molecule has 0 bridgehead atoms. The Balaban J connectivity index is 2.68. The standard InChI is InChI=1S/C3H3N2S/c6-3-1-4-2-5-3/h1-2,6H. The molecule has 0 unspecified atom stereocenters. The summed E-state index contributed by atoms with van der Waals surface area (Å²) in [4.78, 5) is 3.67. The van der Waals surface area contributed by atoms with Gasteiger partial charge in [-0.15, -0.1) is 12.6 Å². The molecule has 0 saturated heterocycles. The van der Waals surface area contributed by atoms with Crippen molar-refractivity contribution in [2.24, 2.45) is 4.99 Å². The van der Waals surface area contributed by atoms with Gasteiger partial charge >= 0.3 is 0 Å². The second-order valence-corrected chi connectivity index (χ2v) is 1.34. The molecule has 0 aliphatic carbocycles. The van der Waals surface area contributed by atoms with E-state index in [0.29, 0.717) is 5.03 Å². The second-order valence-electron chi connectivity index (χ2n) is 0.881. The van der Waals surface area contributed by atoms with Crippen LogP contribution in [0.4, 0.5) is 0 Å². The minimum absolute atomic E-state index is 0.676. The maximum atomic E-state index is 3.86. The predicted molar refractivity (Wildman–Crippen MR) is 27.7 cm³/mol. The van der Waals surface area contributed by atoms with Crippen LogP contribution in [-0.4, -0.2) is 6.34 Å². The molecule has 0 aromatic heterocycles. The van der Waals surface area contributed by atoms with Crippen LogP contribution in [0.15, 0.2) is 16.2 Å². The Kier molecular flexibility index (Phi) is 0.837. The molecule has 0 aromatic carbocycles. The SMILES string of the molecule is SC1=C[N]C=N1. The number of nitrogens with zero attached hydrogens (tertiary/aromatic N) is 2. The van der Waals surface area contributed by atoms with Gasteiger partial charge in [0.05, 0.1) is 6.20 Å². The zero-order chi connectivity index (χ0) is 4.41. The van der Waals surface area contributed by atoms with E-state index in [0.717, 1.165) is 0 Å². The molecule has 0 aromatic rings. The molecule has 31 valence electrons. The lowest BCUT2D eigenvalue weighted by atomic mass is 10.9. The fourth-order valence-electron chi connectivity index (χ4n) is 0.226. The van der Waals surface area contributed by atoms with Crippen LogP contribution in [0.5, 0.6) is 0 Å². The molecule has 3 heteroatoms. The molecule has 1 radical (unpaired) electrons. The highest BCUT2D eigenvalue weighted by molar-refractivity contribution is 7.84. The van der Waals surface area contributed by atoms with E-state index in [9.17, 15) is 0 Å². The molecule has 0 saturated carbocycles. The maximum absolute atomic E-state index is 3.86. The summed E-state index contributed by atoms with van der Waals surface area (Å²) in [6.07, 6.45) is 3.05. The van der Waals surface area contributed by atoms with Gasteiger partial charge in [-0.05, 0) is 0 Å². The van der Waals surface area contributed by atoms with Crippen LogP contribution in [0.3, 0.4) is 0 Å². The number of aliphatic imine (C=N–C) groups is 1. The van der Waals surface area contributed by atoms with E-state index < -0.39 is 0 Å². The van der Waals surface area contributed by atoms with Gasteiger partial charge in [-0.1, -0.05) is 0 Å². The lowest BCUT2D eigenvalue weighted by molar-refractivity contribution is 1.34. The zero-order valence-electron chi connectivity index (χ0n) is 3.00. The van der Waals surface area contributed by atoms with Crippen LogP contribution >= 0.6 is 12.6 Å². The van der Waals surface area contributed by atoms with E-state index in [4.69, 9.17) is 0 Å². The molecule has 1 aliphatic rings. The van der Waals surface area contributed by atoms with Crippen LogP contribution in [0, 0.1) is 0 Å². The molecule has 2 nitrogen and oxygen atoms in total. The van der Waals surface area contributed by atoms with Crippen LogP contribution < -0.4 is 5.32 Å². The monoisotopic (exact) mass is 99.0 g/mol. The molecule has 0 fully saturated rings. The van der Waals surface area contributed by atoms with E-state index in [1.54, 1.807) is 6.20 Å². The minimum atomic E-state index is 0.676. The van der Waals surface area contributed by atoms with E-state index in [2.05, 4.69) is 22.9 Å². The first-order valence-corrected chi connectivity index (χ1v) is 1.96. The summed E-state index contributed by atoms with van der Waals surface area (Å²) < 4.78 is 0. The lowest BCUT2D eigenvalue weighted by Gasteiger charge is -1.69. The number of rotatable bonds is 0. The number of hydrogen-bond acceptors (Lipinski definition) is 2. The normalized spacial score (nSPS) is 17.2. The van der Waals surface area contributed by atoms with Crippen molar-refractivity contribution < 1.29 is 0 Å². The van der Waals surface area contributed by atoms with Crippen molar-refractivity contribution in [1.29, 1.82) is 0 Å². The van der Waals surface area contributed by atoms with Gasteiger partial charge in [0.25, 0.3) is 0 Å². The summed E-state index contributed by atoms with van der Waals surface area (Å²) in [6.45, 7) is 0. The van der Waals surface area contributed by atoms with Gasteiger partial charge in [0.15, 0.2) is 0 Å². The fourth-order valence-corrected chi connectivity index (χ4v) is 0.344. The first-order chi connectivity index (χ1) is 2.89. The predicted octanol–water partition coefficient (Wildman–Crippen LogP) is 0.361. The highest BCUT2D eigenvalue weighted by atomic mass is 32.1. The molecule has 1 rings (SSSR count). The van der Waals surface area contributed by atoms with Crippen molar-refractivity contribution in [3.8, 4) is 0 Å². The van der Waals surface area contributed by atoms with Crippen molar-refractivity contribution >= 4 is 19.0 Å². The lowest BCUT2D eigenvalue weighted by Crippen LogP contribution is -1.79. The van der Waals surface area contributed by atoms with Gasteiger partial charge in [-0.2, -0.15) is 0 Å². The van der Waals surface area contributed by atoms with E-state index in [1.807, 2.05) is 0 Å². The topological polar surface area (TPSA) is 26.5 Å². The van der Waals surface area contributed by atoms with E-state index in [1.165, 1.54) is 6.34 Å². The largest absolute Gasteiger partial charge is 0.242 e. The third kappa shape index (κ3) is 0.542. The van der Waals surface area contributed by atoms with Gasteiger partial charge in [-0.3, -0.25) is 0 Å². The number of thiol groups is 1. The first-order valence-electron chi connectivity index (χ1n) is 1.51. The fraction of sp³-hybridized carbons (Fsp3) is 0. The molecule has 0 amide bonds. The van der Waals surface area contributed by atoms with Crippen molar-refractivity contribution in [1.82, 2.24) is 5.32 Å². The smallest absolute Gasteiger partial charge is 0.116 e. The Morgan fingerprint density at radius 3 is 2.67 bits per heavy atom. The quantitative estimate of drug-likeness (QED) is 0.424. The Morgan fingerprint density at radius 1 is 1.67 bits per heavy atom. The highest BCUT2D eigenvalue weighted by Gasteiger charge is 1.87. The van der Waals surface area contributed by atoms with Gasteiger partial charge in [0, 0.05) is 0 Å². The molecule has 0 spiro atoms. The van der Waals surface area contributed by atoms with Crippen LogP contribution in [0.25, 0.3) is 0 Å². The maximum Gasteiger partial charge on any atom is 0.116 e. The van der Waals surface area contributed by atoms with E-state index >= 15 is 0 Å². The average Bonchev–Trinajstić information content (AvgIpc) is 1.86. The summed E-state index contributed by atoms with van der Waals surface area (Å²) >= 11 is 3.86. The van der Waals surface area contributed by atoms with Crippen molar-refractivity contribution in [3.63, 3.8) is 0 Å². The third-order valence-electron chi connectivity index (χ3n) is 0.447. The van der Waals surface area contributed by atoms with Crippen LogP contribution in [0.1, 0.15) is 0 Å².